The van der Waals surface area contributed by atoms with Crippen molar-refractivity contribution in [1.29, 1.82) is 0 Å². The molecular formula is C82H56O54. The molecule has 54 nitrogen and oxygen atoms in total. The number of carbonyl (C=O) groups excluding carboxylic acids is 10. The van der Waals surface area contributed by atoms with Gasteiger partial charge in [-0.05, 0) is 54.6 Å². The molecule has 136 heavy (non-hydrogen) atoms. The fraction of sp³-hybridized carbons (Fsp3) is 0.183. The first-order chi connectivity index (χ1) is 63.9. The Hall–Kier alpha value is -18.5. The molecular weight excluding hydrogens is 1850 g/mol. The molecule has 0 saturated carbocycles. The van der Waals surface area contributed by atoms with Crippen molar-refractivity contribution >= 4 is 65.5 Å². The van der Waals surface area contributed by atoms with E-state index >= 15 is 24.0 Å². The van der Waals surface area contributed by atoms with Crippen LogP contribution in [0.3, 0.4) is 0 Å². The topological polar surface area (TPSA) is 904 Å². The second-order valence-electron chi connectivity index (χ2n) is 30.0. The molecule has 2 saturated heterocycles. The Balaban J connectivity index is 0.872. The zero-order valence-corrected chi connectivity index (χ0v) is 66.4. The van der Waals surface area contributed by atoms with Crippen LogP contribution in [0.2, 0.25) is 0 Å². The van der Waals surface area contributed by atoms with Gasteiger partial charge < -0.3 is 214 Å². The van der Waals surface area contributed by atoms with Crippen molar-refractivity contribution in [3.8, 4) is 189 Å². The number of phenolic OH excluding ortho intramolecular Hbond substituents is 24. The van der Waals surface area contributed by atoms with Gasteiger partial charge in [0.2, 0.25) is 69.9 Å². The van der Waals surface area contributed by atoms with Crippen LogP contribution in [0.1, 0.15) is 105 Å². The molecule has 54 heteroatoms. The summed E-state index contributed by atoms with van der Waals surface area (Å²) in [4.78, 5) is 163. The van der Waals surface area contributed by atoms with Gasteiger partial charge in [0.25, 0.3) is 5.79 Å². The Morgan fingerprint density at radius 3 is 1.25 bits per heavy atom. The number of aliphatic hydroxyl groups excluding tert-OH is 1. The fourth-order valence-electron chi connectivity index (χ4n) is 15.5. The number of aromatic carboxylic acids is 1. The molecule has 12 unspecified atom stereocenters. The number of cyclic esters (lactones) is 2. The zero-order chi connectivity index (χ0) is 98.9. The molecule has 9 aromatic carbocycles. The summed E-state index contributed by atoms with van der Waals surface area (Å²) in [6.07, 6.45) is -28.6. The van der Waals surface area contributed by atoms with Crippen molar-refractivity contribution in [3.05, 3.63) is 134 Å². The minimum atomic E-state index is -4.25. The number of ether oxygens (including phenoxy) is 14. The maximum Gasteiger partial charge on any atom is 0.342 e. The molecule has 0 spiro atoms. The van der Waals surface area contributed by atoms with Gasteiger partial charge in [0.1, 0.15) is 36.5 Å². The van der Waals surface area contributed by atoms with E-state index in [2.05, 4.69) is 0 Å². The molecule has 6 bridgehead atoms. The zero-order valence-electron chi connectivity index (χ0n) is 66.4. The minimum absolute atomic E-state index is 0.0143. The SMILES string of the molecule is O=C1OC2C3COC(=O)c4cc(Oc5c(C(=O)OC6C(O)OC7COC(=O)c8cc(O)c(O)c(O)c8-c8c(cc(O)c(O)c8O)C(=O)OC7C6OC(=O)c6cc(O)c(O)c(O)c6)cc(O)c(O)c5O)c(Oc5c(C(=O)O)cc(O)c(O)c5O)c(O)c4-c4c(cc(O)c(O)c4O)C(=O)OC2C(OC(=O)c2cc(O)c(O)c4c2C2C1=CC(=O)C(O)(O4)C2(O)O)C(OC(=O)c1cc(O)c(O)c(O)c1)O3. The Morgan fingerprint density at radius 1 is 0.353 bits per heavy atom. The largest absolute Gasteiger partial charge is 0.504 e. The van der Waals surface area contributed by atoms with Crippen LogP contribution in [0.15, 0.2) is 78.4 Å². The number of aliphatic hydroxyl groups is 4. The van der Waals surface area contributed by atoms with E-state index in [1.807, 2.05) is 0 Å². The number of aromatic hydroxyl groups is 24. The molecule has 0 amide bonds. The molecule has 1 aliphatic carbocycles. The first kappa shape index (κ1) is 90.8. The van der Waals surface area contributed by atoms with Crippen LogP contribution in [0, 0.1) is 0 Å². The van der Waals surface area contributed by atoms with E-state index < -0.39 is 408 Å². The van der Waals surface area contributed by atoms with E-state index in [0.29, 0.717) is 30.3 Å². The van der Waals surface area contributed by atoms with Crippen LogP contribution in [-0.4, -0.2) is 300 Å². The lowest BCUT2D eigenvalue weighted by Gasteiger charge is -2.49. The van der Waals surface area contributed by atoms with Gasteiger partial charge in [-0.3, -0.25) is 4.79 Å². The van der Waals surface area contributed by atoms with Crippen LogP contribution in [0.5, 0.6) is 167 Å². The Morgan fingerprint density at radius 2 is 0.743 bits per heavy atom. The Kier molecular flexibility index (Phi) is 21.5. The first-order valence-corrected chi connectivity index (χ1v) is 37.8. The number of rotatable bonds is 11. The summed E-state index contributed by atoms with van der Waals surface area (Å²) in [6, 6.07) is 2.62. The molecule has 6 heterocycles. The highest BCUT2D eigenvalue weighted by Crippen LogP contribution is 2.63. The first-order valence-electron chi connectivity index (χ1n) is 37.8. The number of hydrogen-bond donors (Lipinski definition) is 29. The van der Waals surface area contributed by atoms with E-state index in [4.69, 9.17) is 66.3 Å². The summed E-state index contributed by atoms with van der Waals surface area (Å²) in [5.41, 5.74) is -20.9. The van der Waals surface area contributed by atoms with Crippen LogP contribution >= 0.6 is 0 Å². The van der Waals surface area contributed by atoms with Crippen LogP contribution < -0.4 is 14.2 Å². The minimum Gasteiger partial charge on any atom is -0.504 e. The molecule has 12 atom stereocenters. The molecule has 29 N–H and O–H groups in total. The summed E-state index contributed by atoms with van der Waals surface area (Å²) >= 11 is 0. The van der Waals surface area contributed by atoms with E-state index in [-0.39, 0.29) is 42.5 Å². The maximum atomic E-state index is 15.9. The number of carboxylic acid groups (broad SMARTS) is 1. The van der Waals surface area contributed by atoms with E-state index in [1.165, 1.54) is 0 Å². The smallest absolute Gasteiger partial charge is 0.342 e. The normalized spacial score (nSPS) is 22.4. The predicted molar refractivity (Wildman–Crippen MR) is 413 cm³/mol. The van der Waals surface area contributed by atoms with Crippen molar-refractivity contribution < 1.29 is 267 Å². The van der Waals surface area contributed by atoms with Gasteiger partial charge in [0.15, 0.2) is 152 Å². The summed E-state index contributed by atoms with van der Waals surface area (Å²) in [5.74, 6) is -81.2. The van der Waals surface area contributed by atoms with E-state index in [0.717, 1.165) is 0 Å². The van der Waals surface area contributed by atoms with E-state index in [9.17, 15) is 177 Å². The van der Waals surface area contributed by atoms with Crippen LogP contribution in [-0.2, 0) is 61.7 Å². The number of benzene rings is 9. The van der Waals surface area contributed by atoms with Crippen molar-refractivity contribution in [1.82, 2.24) is 0 Å². The summed E-state index contributed by atoms with van der Waals surface area (Å²) < 4.78 is 79.6. The highest BCUT2D eigenvalue weighted by Gasteiger charge is 2.71. The van der Waals surface area contributed by atoms with Gasteiger partial charge in [-0.25, -0.2) is 47.9 Å². The van der Waals surface area contributed by atoms with Gasteiger partial charge >= 0.3 is 65.5 Å². The van der Waals surface area contributed by atoms with Gasteiger partial charge in [-0.2, -0.15) is 0 Å². The standard InChI is InChI=1S/C82H56O54/c83-25-1-15(2-26(84)45(25)94)70(110)131-65-62-36(13-123-72(112)17-5-29(87)47(96)53(102)39(17)40-18(74(114)129-62)6-30(88)48(97)54(40)103)126-79(119)67(65)133-78(118)24-10-33(91)51(100)58(107)60(24)125-35-11-21-42(56(105)61(35)128-59-23(69(108)109)9-32(90)50(99)57(59)106)41-19(7-31(89)49(98)55(41)104)75(115)132-66-63-37(14-124-73(21)113)127-80(135-71(111)16-3-27(85)46(95)28(86)4-16)68(66)134-76(116)20-8-34(92)52(101)64-43(20)44-22(77(117)130-63)12-38(93)82(122,136-64)81(44,120)121/h1-12,36-37,44,62-63,65-68,79-80,83-92,94-107,119-122H,13-14H2,(H,108,109). The molecule has 6 aliphatic heterocycles. The predicted octanol–water partition coefficient (Wildman–Crippen LogP) is 0.885. The Labute approximate surface area is 745 Å². The lowest BCUT2D eigenvalue weighted by atomic mass is 9.70. The summed E-state index contributed by atoms with van der Waals surface area (Å²) in [7, 11) is 0. The lowest BCUT2D eigenvalue weighted by Crippen LogP contribution is -2.70. The average molecular weight is 1910 g/mol. The quantitative estimate of drug-likeness (QED) is 0.0370. The third-order valence-electron chi connectivity index (χ3n) is 22.0. The summed E-state index contributed by atoms with van der Waals surface area (Å²) in [5, 5.41) is 325. The van der Waals surface area contributed by atoms with Gasteiger partial charge in [-0.15, -0.1) is 0 Å². The van der Waals surface area contributed by atoms with Gasteiger partial charge in [-0.1, -0.05) is 0 Å². The Bertz CT molecular complexity index is 6870. The average Bonchev–Trinajstić information content (AvgIpc) is 0.850. The highest BCUT2D eigenvalue weighted by molar-refractivity contribution is 6.12. The number of ketones is 1. The second-order valence-corrected chi connectivity index (χ2v) is 30.0. The molecule has 0 aromatic heterocycles. The highest BCUT2D eigenvalue weighted by atomic mass is 16.8. The number of phenols is 24. The van der Waals surface area contributed by atoms with Crippen molar-refractivity contribution in [2.24, 2.45) is 0 Å². The van der Waals surface area contributed by atoms with E-state index in [1.54, 1.807) is 0 Å². The molecule has 2 fully saturated rings. The van der Waals surface area contributed by atoms with Gasteiger partial charge in [0, 0.05) is 46.0 Å². The number of carbonyl (C=O) groups is 11. The number of fused-ring (bicyclic) bond motifs is 8. The number of carboxylic acids is 1. The molecule has 7 aliphatic rings. The molecule has 708 valence electrons. The number of esters is 9. The molecule has 9 aromatic rings. The van der Waals surface area contributed by atoms with Gasteiger partial charge in [0.05, 0.1) is 50.4 Å². The third-order valence-corrected chi connectivity index (χ3v) is 22.0. The van der Waals surface area contributed by atoms with Crippen molar-refractivity contribution in [2.45, 2.75) is 78.9 Å². The maximum absolute atomic E-state index is 15.9. The number of hydrogen-bond acceptors (Lipinski definition) is 53. The third kappa shape index (κ3) is 14.3. The fourth-order valence-corrected chi connectivity index (χ4v) is 15.5. The lowest BCUT2D eigenvalue weighted by molar-refractivity contribution is -0.339. The summed E-state index contributed by atoms with van der Waals surface area (Å²) in [6.45, 7) is -3.29. The molecule has 0 radical (unpaired) electrons. The second kappa shape index (κ2) is 32.2. The monoisotopic (exact) mass is 1900 g/mol. The molecule has 16 rings (SSSR count). The van der Waals surface area contributed by atoms with Crippen molar-refractivity contribution in [2.75, 3.05) is 13.2 Å². The van der Waals surface area contributed by atoms with Crippen LogP contribution in [0.25, 0.3) is 22.3 Å². The van der Waals surface area contributed by atoms with Crippen molar-refractivity contribution in [3.63, 3.8) is 0 Å². The van der Waals surface area contributed by atoms with Crippen LogP contribution in [0.4, 0.5) is 0 Å².